The van der Waals surface area contributed by atoms with Crippen LogP contribution in [-0.2, 0) is 6.54 Å². The molecule has 3 rings (SSSR count). The number of carbonyl (C=O) groups excluding carboxylic acids is 1. The molecule has 0 fully saturated rings. The maximum atomic E-state index is 12.4. The van der Waals surface area contributed by atoms with Gasteiger partial charge in [-0.05, 0) is 30.3 Å². The number of anilines is 2. The van der Waals surface area contributed by atoms with Crippen molar-refractivity contribution in [1.82, 2.24) is 4.98 Å². The molecule has 0 radical (unpaired) electrons. The normalized spacial score (nSPS) is 10.1. The lowest BCUT2D eigenvalue weighted by molar-refractivity contribution is 0.102. The van der Waals surface area contributed by atoms with Crippen molar-refractivity contribution in [3.05, 3.63) is 78.0 Å². The van der Waals surface area contributed by atoms with Crippen molar-refractivity contribution in [3.63, 3.8) is 0 Å². The van der Waals surface area contributed by atoms with Gasteiger partial charge in [-0.3, -0.25) is 4.79 Å². The number of methoxy groups -OCH3 is 2. The van der Waals surface area contributed by atoms with Gasteiger partial charge in [-0.1, -0.05) is 30.3 Å². The number of hydrogen-bond acceptors (Lipinski definition) is 5. The summed E-state index contributed by atoms with van der Waals surface area (Å²) in [7, 11) is 3.19. The minimum absolute atomic E-state index is 0.269. The topological polar surface area (TPSA) is 72.5 Å². The van der Waals surface area contributed by atoms with E-state index < -0.39 is 0 Å². The lowest BCUT2D eigenvalue weighted by Crippen LogP contribution is -2.14. The van der Waals surface area contributed by atoms with Crippen LogP contribution in [0.3, 0.4) is 0 Å². The highest BCUT2D eigenvalue weighted by atomic mass is 16.5. The molecule has 0 aliphatic carbocycles. The SMILES string of the molecule is COc1ccccc1CNc1ccc(NC(=O)c2ccccc2OC)nc1. The molecule has 0 bridgehead atoms. The fourth-order valence-corrected chi connectivity index (χ4v) is 2.63. The van der Waals surface area contributed by atoms with E-state index in [0.29, 0.717) is 23.7 Å². The highest BCUT2D eigenvalue weighted by Crippen LogP contribution is 2.21. The van der Waals surface area contributed by atoms with Crippen LogP contribution in [0.1, 0.15) is 15.9 Å². The first-order valence-corrected chi connectivity index (χ1v) is 8.47. The molecular weight excluding hydrogens is 342 g/mol. The molecule has 0 aliphatic rings. The lowest BCUT2D eigenvalue weighted by atomic mass is 10.2. The monoisotopic (exact) mass is 363 g/mol. The van der Waals surface area contributed by atoms with Crippen molar-refractivity contribution in [2.45, 2.75) is 6.54 Å². The van der Waals surface area contributed by atoms with Crippen LogP contribution in [0.25, 0.3) is 0 Å². The van der Waals surface area contributed by atoms with Crippen molar-refractivity contribution in [3.8, 4) is 11.5 Å². The number of benzene rings is 2. The molecule has 6 nitrogen and oxygen atoms in total. The highest BCUT2D eigenvalue weighted by molar-refractivity contribution is 6.05. The summed E-state index contributed by atoms with van der Waals surface area (Å²) in [5.74, 6) is 1.55. The molecule has 1 aromatic heterocycles. The van der Waals surface area contributed by atoms with Crippen molar-refractivity contribution >= 4 is 17.4 Å². The Morgan fingerprint density at radius 2 is 1.63 bits per heavy atom. The minimum Gasteiger partial charge on any atom is -0.496 e. The molecule has 0 aliphatic heterocycles. The van der Waals surface area contributed by atoms with Gasteiger partial charge in [-0.2, -0.15) is 0 Å². The van der Waals surface area contributed by atoms with Crippen LogP contribution in [0, 0.1) is 0 Å². The van der Waals surface area contributed by atoms with Crippen LogP contribution in [0.2, 0.25) is 0 Å². The molecule has 0 unspecified atom stereocenters. The Morgan fingerprint density at radius 3 is 2.33 bits per heavy atom. The van der Waals surface area contributed by atoms with E-state index in [1.54, 1.807) is 37.6 Å². The summed E-state index contributed by atoms with van der Waals surface area (Å²) in [5.41, 5.74) is 2.35. The van der Waals surface area contributed by atoms with E-state index >= 15 is 0 Å². The van der Waals surface area contributed by atoms with Gasteiger partial charge in [0.1, 0.15) is 17.3 Å². The van der Waals surface area contributed by atoms with Crippen molar-refractivity contribution in [2.24, 2.45) is 0 Å². The van der Waals surface area contributed by atoms with E-state index in [1.165, 1.54) is 7.11 Å². The number of nitrogens with one attached hydrogen (secondary N) is 2. The first kappa shape index (κ1) is 18.3. The second-order valence-corrected chi connectivity index (χ2v) is 5.75. The van der Waals surface area contributed by atoms with Gasteiger partial charge >= 0.3 is 0 Å². The number of carbonyl (C=O) groups is 1. The minimum atomic E-state index is -0.269. The van der Waals surface area contributed by atoms with Crippen LogP contribution in [-0.4, -0.2) is 25.1 Å². The molecule has 0 saturated carbocycles. The number of aromatic nitrogens is 1. The fraction of sp³-hybridized carbons (Fsp3) is 0.143. The maximum absolute atomic E-state index is 12.4. The Bertz CT molecular complexity index is 911. The molecule has 0 atom stereocenters. The zero-order chi connectivity index (χ0) is 19.1. The van der Waals surface area contributed by atoms with Crippen LogP contribution >= 0.6 is 0 Å². The summed E-state index contributed by atoms with van der Waals surface area (Å²) in [5, 5.41) is 6.07. The molecule has 1 amide bonds. The number of hydrogen-bond donors (Lipinski definition) is 2. The molecule has 0 spiro atoms. The second kappa shape index (κ2) is 8.71. The van der Waals surface area contributed by atoms with E-state index in [-0.39, 0.29) is 5.91 Å². The fourth-order valence-electron chi connectivity index (χ4n) is 2.63. The number of ether oxygens (including phenoxy) is 2. The number of nitrogens with zero attached hydrogens (tertiary/aromatic N) is 1. The van der Waals surface area contributed by atoms with E-state index in [9.17, 15) is 4.79 Å². The van der Waals surface area contributed by atoms with Gasteiger partial charge in [0.25, 0.3) is 5.91 Å². The van der Waals surface area contributed by atoms with Gasteiger partial charge in [0.05, 0.1) is 31.7 Å². The first-order valence-electron chi connectivity index (χ1n) is 8.47. The molecule has 0 saturated heterocycles. The Morgan fingerprint density at radius 1 is 0.926 bits per heavy atom. The average Bonchev–Trinajstić information content (AvgIpc) is 2.73. The lowest BCUT2D eigenvalue weighted by Gasteiger charge is -2.11. The van der Waals surface area contributed by atoms with Crippen LogP contribution in [0.5, 0.6) is 11.5 Å². The third kappa shape index (κ3) is 4.55. The zero-order valence-electron chi connectivity index (χ0n) is 15.2. The van der Waals surface area contributed by atoms with Crippen LogP contribution < -0.4 is 20.1 Å². The van der Waals surface area contributed by atoms with Gasteiger partial charge < -0.3 is 20.1 Å². The van der Waals surface area contributed by atoms with Gasteiger partial charge in [0, 0.05) is 12.1 Å². The number of amides is 1. The summed E-state index contributed by atoms with van der Waals surface area (Å²) >= 11 is 0. The Labute approximate surface area is 158 Å². The van der Waals surface area contributed by atoms with Crippen molar-refractivity contribution < 1.29 is 14.3 Å². The largest absolute Gasteiger partial charge is 0.496 e. The number of pyridine rings is 1. The molecule has 6 heteroatoms. The van der Waals surface area contributed by atoms with Crippen molar-refractivity contribution in [1.29, 1.82) is 0 Å². The second-order valence-electron chi connectivity index (χ2n) is 5.75. The summed E-state index contributed by atoms with van der Waals surface area (Å²) < 4.78 is 10.6. The maximum Gasteiger partial charge on any atom is 0.260 e. The van der Waals surface area contributed by atoms with Crippen LogP contribution in [0.4, 0.5) is 11.5 Å². The molecule has 2 aromatic carbocycles. The van der Waals surface area contributed by atoms with Gasteiger partial charge in [0.2, 0.25) is 0 Å². The predicted octanol–water partition coefficient (Wildman–Crippen LogP) is 3.96. The molecule has 3 aromatic rings. The Kier molecular flexibility index (Phi) is 5.89. The summed E-state index contributed by atoms with van der Waals surface area (Å²) in [4.78, 5) is 16.7. The van der Waals surface area contributed by atoms with E-state index in [1.807, 2.05) is 36.4 Å². The summed E-state index contributed by atoms with van der Waals surface area (Å²) in [6.07, 6.45) is 1.67. The first-order chi connectivity index (χ1) is 13.2. The zero-order valence-corrected chi connectivity index (χ0v) is 15.2. The summed E-state index contributed by atoms with van der Waals surface area (Å²) in [6.45, 7) is 0.610. The Balaban J connectivity index is 1.62. The van der Waals surface area contributed by atoms with Gasteiger partial charge in [-0.15, -0.1) is 0 Å². The van der Waals surface area contributed by atoms with Gasteiger partial charge in [-0.25, -0.2) is 4.98 Å². The highest BCUT2D eigenvalue weighted by Gasteiger charge is 2.12. The molecule has 2 N–H and O–H groups in total. The third-order valence-electron chi connectivity index (χ3n) is 4.03. The quantitative estimate of drug-likeness (QED) is 0.665. The van der Waals surface area contributed by atoms with E-state index in [2.05, 4.69) is 15.6 Å². The number of para-hydroxylation sites is 2. The standard InChI is InChI=1S/C21H21N3O3/c1-26-18-9-5-3-7-15(18)13-22-16-11-12-20(23-14-16)24-21(25)17-8-4-6-10-19(17)27-2/h3-12,14,22H,13H2,1-2H3,(H,23,24,25). The van der Waals surface area contributed by atoms with E-state index in [0.717, 1.165) is 17.0 Å². The average molecular weight is 363 g/mol. The number of rotatable bonds is 7. The smallest absolute Gasteiger partial charge is 0.260 e. The predicted molar refractivity (Wildman–Crippen MR) is 106 cm³/mol. The Hall–Kier alpha value is -3.54. The van der Waals surface area contributed by atoms with Crippen molar-refractivity contribution in [2.75, 3.05) is 24.9 Å². The molecule has 27 heavy (non-hydrogen) atoms. The van der Waals surface area contributed by atoms with Crippen LogP contribution in [0.15, 0.2) is 66.9 Å². The molecular formula is C21H21N3O3. The third-order valence-corrected chi connectivity index (χ3v) is 4.03. The summed E-state index contributed by atoms with van der Waals surface area (Å²) in [6, 6.07) is 18.5. The van der Waals surface area contributed by atoms with E-state index in [4.69, 9.17) is 9.47 Å². The van der Waals surface area contributed by atoms with Gasteiger partial charge in [0.15, 0.2) is 0 Å². The molecule has 1 heterocycles. The molecule has 138 valence electrons.